The second-order valence-corrected chi connectivity index (χ2v) is 6.18. The van der Waals surface area contributed by atoms with Crippen LogP contribution in [0.5, 0.6) is 5.75 Å². The fraction of sp³-hybridized carbons (Fsp3) is 0.571. The molecule has 3 aliphatic heterocycles. The van der Waals surface area contributed by atoms with E-state index in [4.69, 9.17) is 9.47 Å². The monoisotopic (exact) mass is 292 g/mol. The molecule has 1 aromatic rings. The maximum atomic E-state index is 11.4. The number of ether oxygens (including phenoxy) is 2. The van der Waals surface area contributed by atoms with E-state index in [1.54, 1.807) is 19.1 Å². The number of benzene rings is 1. The number of aliphatic hydroxyl groups excluding tert-OH is 1. The van der Waals surface area contributed by atoms with E-state index < -0.39 is 5.60 Å². The minimum absolute atomic E-state index is 0.102. The predicted molar refractivity (Wildman–Crippen MR) is 73.8 cm³/mol. The SMILES string of the molecule is CC1(CO)Cc2cc([N+](=O)[O-])c(N3CC4OC[C@H]43)cc2O1. The first-order valence-corrected chi connectivity index (χ1v) is 7.00. The third-order valence-electron chi connectivity index (χ3n) is 4.61. The molecular formula is C14H16N2O5. The molecule has 2 fully saturated rings. The van der Waals surface area contributed by atoms with E-state index in [2.05, 4.69) is 0 Å². The van der Waals surface area contributed by atoms with Crippen molar-refractivity contribution in [1.82, 2.24) is 0 Å². The summed E-state index contributed by atoms with van der Waals surface area (Å²) in [5.74, 6) is 0.635. The summed E-state index contributed by atoms with van der Waals surface area (Å²) in [5.41, 5.74) is 0.783. The van der Waals surface area contributed by atoms with Gasteiger partial charge in [-0.05, 0) is 6.92 Å². The number of anilines is 1. The maximum absolute atomic E-state index is 11.4. The van der Waals surface area contributed by atoms with Gasteiger partial charge in [0.1, 0.15) is 17.0 Å². The lowest BCUT2D eigenvalue weighted by Crippen LogP contribution is -2.71. The number of nitro groups is 1. The second kappa shape index (κ2) is 4.08. The van der Waals surface area contributed by atoms with Gasteiger partial charge in [0, 0.05) is 30.7 Å². The molecular weight excluding hydrogens is 276 g/mol. The van der Waals surface area contributed by atoms with Crippen LogP contribution in [0.15, 0.2) is 12.1 Å². The highest BCUT2D eigenvalue weighted by molar-refractivity contribution is 5.71. The first kappa shape index (κ1) is 12.8. The largest absolute Gasteiger partial charge is 0.484 e. The van der Waals surface area contributed by atoms with Crippen LogP contribution in [0.2, 0.25) is 0 Å². The van der Waals surface area contributed by atoms with Crippen molar-refractivity contribution in [2.45, 2.75) is 31.1 Å². The molecule has 0 amide bonds. The third kappa shape index (κ3) is 1.74. The molecule has 0 aliphatic carbocycles. The molecule has 7 heteroatoms. The Bertz CT molecular complexity index is 634. The topological polar surface area (TPSA) is 85.1 Å². The van der Waals surface area contributed by atoms with Crippen LogP contribution in [0.1, 0.15) is 12.5 Å². The summed E-state index contributed by atoms with van der Waals surface area (Å²) in [7, 11) is 0. The summed E-state index contributed by atoms with van der Waals surface area (Å²) in [6.45, 7) is 2.99. The number of hydrogen-bond donors (Lipinski definition) is 1. The average Bonchev–Trinajstić information content (AvgIpc) is 2.76. The van der Waals surface area contributed by atoms with Crippen LogP contribution in [0, 0.1) is 10.1 Å². The highest BCUT2D eigenvalue weighted by atomic mass is 16.6. The van der Waals surface area contributed by atoms with Crippen molar-refractivity contribution in [3.63, 3.8) is 0 Å². The number of nitro benzene ring substituents is 1. The van der Waals surface area contributed by atoms with E-state index >= 15 is 0 Å². The van der Waals surface area contributed by atoms with Crippen LogP contribution < -0.4 is 9.64 Å². The lowest BCUT2D eigenvalue weighted by molar-refractivity contribution is -0.384. The molecule has 7 nitrogen and oxygen atoms in total. The van der Waals surface area contributed by atoms with Gasteiger partial charge in [-0.25, -0.2) is 0 Å². The minimum Gasteiger partial charge on any atom is -0.484 e. The molecule has 0 bridgehead atoms. The number of aliphatic hydroxyl groups is 1. The third-order valence-corrected chi connectivity index (χ3v) is 4.61. The molecule has 3 atom stereocenters. The van der Waals surface area contributed by atoms with Gasteiger partial charge in [0.15, 0.2) is 0 Å². The zero-order valence-electron chi connectivity index (χ0n) is 11.6. The van der Waals surface area contributed by atoms with Crippen LogP contribution in [0.3, 0.4) is 0 Å². The van der Waals surface area contributed by atoms with Crippen molar-refractivity contribution in [2.24, 2.45) is 0 Å². The standard InChI is InChI=1S/C14H16N2O5/c1-14(7-17)4-8-2-10(16(18)19)9(3-12(8)21-14)15-5-13-11(15)6-20-13/h2-3,11,13,17H,4-7H2,1H3/t11-,13?,14?/m1/s1. The van der Waals surface area contributed by atoms with E-state index in [9.17, 15) is 15.2 Å². The van der Waals surface area contributed by atoms with Crippen LogP contribution in [-0.4, -0.2) is 47.5 Å². The highest BCUT2D eigenvalue weighted by Crippen LogP contribution is 2.46. The van der Waals surface area contributed by atoms with Crippen molar-refractivity contribution in [3.8, 4) is 5.75 Å². The number of hydrogen-bond acceptors (Lipinski definition) is 6. The van der Waals surface area contributed by atoms with Gasteiger partial charge in [0.05, 0.1) is 30.3 Å². The van der Waals surface area contributed by atoms with E-state index in [0.717, 1.165) is 5.56 Å². The molecule has 0 radical (unpaired) electrons. The maximum Gasteiger partial charge on any atom is 0.293 e. The summed E-state index contributed by atoms with van der Waals surface area (Å²) < 4.78 is 11.1. The molecule has 2 saturated heterocycles. The summed E-state index contributed by atoms with van der Waals surface area (Å²) in [5, 5.41) is 20.8. The van der Waals surface area contributed by atoms with Gasteiger partial charge in [-0.1, -0.05) is 0 Å². The number of morpholine rings is 1. The Hall–Kier alpha value is -1.86. The summed E-state index contributed by atoms with van der Waals surface area (Å²) in [6.07, 6.45) is 0.691. The lowest BCUT2D eigenvalue weighted by atomic mass is 9.92. The van der Waals surface area contributed by atoms with Crippen LogP contribution >= 0.6 is 0 Å². The molecule has 0 aromatic heterocycles. The van der Waals surface area contributed by atoms with E-state index in [1.807, 2.05) is 4.90 Å². The Morgan fingerprint density at radius 2 is 2.38 bits per heavy atom. The number of fused-ring (bicyclic) bond motifs is 2. The first-order valence-electron chi connectivity index (χ1n) is 7.00. The molecule has 3 aliphatic rings. The molecule has 1 N–H and O–H groups in total. The number of nitrogens with zero attached hydrogens (tertiary/aromatic N) is 2. The summed E-state index contributed by atoms with van der Waals surface area (Å²) in [4.78, 5) is 13.0. The van der Waals surface area contributed by atoms with Gasteiger partial charge in [0.25, 0.3) is 5.69 Å². The summed E-state index contributed by atoms with van der Waals surface area (Å²) in [6, 6.07) is 3.56. The van der Waals surface area contributed by atoms with Crippen molar-refractivity contribution >= 4 is 11.4 Å². The fourth-order valence-corrected chi connectivity index (χ4v) is 3.25. The molecule has 112 valence electrons. The van der Waals surface area contributed by atoms with Gasteiger partial charge >= 0.3 is 0 Å². The summed E-state index contributed by atoms with van der Waals surface area (Å²) >= 11 is 0. The van der Waals surface area contributed by atoms with Gasteiger partial charge < -0.3 is 19.5 Å². The minimum atomic E-state index is -0.689. The Kier molecular flexibility index (Phi) is 2.50. The Morgan fingerprint density at radius 1 is 1.57 bits per heavy atom. The predicted octanol–water partition coefficient (Wildman–Crippen LogP) is 0.868. The van der Waals surface area contributed by atoms with Crippen molar-refractivity contribution in [1.29, 1.82) is 0 Å². The molecule has 4 rings (SSSR count). The zero-order chi connectivity index (χ0) is 14.8. The first-order chi connectivity index (χ1) is 10.0. The van der Waals surface area contributed by atoms with Crippen LogP contribution in [0.25, 0.3) is 0 Å². The molecule has 2 unspecified atom stereocenters. The van der Waals surface area contributed by atoms with Crippen LogP contribution in [-0.2, 0) is 11.2 Å². The van der Waals surface area contributed by atoms with Crippen LogP contribution in [0.4, 0.5) is 11.4 Å². The molecule has 1 aromatic carbocycles. The molecule has 3 heterocycles. The smallest absolute Gasteiger partial charge is 0.293 e. The Labute approximate surface area is 121 Å². The Morgan fingerprint density at radius 3 is 2.90 bits per heavy atom. The zero-order valence-corrected chi connectivity index (χ0v) is 11.6. The van der Waals surface area contributed by atoms with E-state index in [-0.39, 0.29) is 29.4 Å². The molecule has 0 spiro atoms. The van der Waals surface area contributed by atoms with Gasteiger partial charge in [0.2, 0.25) is 0 Å². The van der Waals surface area contributed by atoms with Gasteiger partial charge in [-0.15, -0.1) is 0 Å². The fourth-order valence-electron chi connectivity index (χ4n) is 3.25. The van der Waals surface area contributed by atoms with Gasteiger partial charge in [-0.2, -0.15) is 0 Å². The molecule has 21 heavy (non-hydrogen) atoms. The van der Waals surface area contributed by atoms with Gasteiger partial charge in [-0.3, -0.25) is 10.1 Å². The normalized spacial score (nSPS) is 32.6. The average molecular weight is 292 g/mol. The lowest BCUT2D eigenvalue weighted by Gasteiger charge is -2.55. The van der Waals surface area contributed by atoms with Crippen molar-refractivity contribution in [2.75, 3.05) is 24.7 Å². The van der Waals surface area contributed by atoms with E-state index in [1.165, 1.54) is 0 Å². The van der Waals surface area contributed by atoms with Crippen molar-refractivity contribution < 1.29 is 19.5 Å². The second-order valence-electron chi connectivity index (χ2n) is 6.18. The quantitative estimate of drug-likeness (QED) is 0.657. The van der Waals surface area contributed by atoms with E-state index in [0.29, 0.717) is 31.0 Å². The van der Waals surface area contributed by atoms with Crippen molar-refractivity contribution in [3.05, 3.63) is 27.8 Å². The Balaban J connectivity index is 1.74. The molecule has 0 saturated carbocycles. The highest BCUT2D eigenvalue weighted by Gasteiger charge is 2.49. The number of rotatable bonds is 3.